The minimum absolute atomic E-state index is 0.0851. The number of carbonyl (C=O) groups is 1. The van der Waals surface area contributed by atoms with Crippen molar-refractivity contribution in [2.45, 2.75) is 25.9 Å². The van der Waals surface area contributed by atoms with Gasteiger partial charge in [-0.05, 0) is 36.8 Å². The van der Waals surface area contributed by atoms with Crippen LogP contribution in [0.15, 0.2) is 54.6 Å². The molecular weight excluding hydrogens is 343 g/mol. The topological polar surface area (TPSA) is 38.3 Å². The monoisotopic (exact) mass is 363 g/mol. The van der Waals surface area contributed by atoms with Gasteiger partial charge in [-0.2, -0.15) is 13.2 Å². The maximum absolute atomic E-state index is 12.7. The van der Waals surface area contributed by atoms with Gasteiger partial charge in [0.2, 0.25) is 5.91 Å². The standard InChI is InChI=1S/C20H20F3NO2/c1-2-3-13-26-18-10-5-4-7-15(18)11-12-19(25)24-17-9-6-8-16(14-17)20(21,22)23/h4-12,14H,2-3,13H2,1H3,(H,24,25)/b12-11+. The van der Waals surface area contributed by atoms with Crippen LogP contribution in [0.4, 0.5) is 18.9 Å². The SMILES string of the molecule is CCCCOc1ccccc1/C=C/C(=O)Nc1cccc(C(F)(F)F)c1. The molecule has 138 valence electrons. The molecule has 6 heteroatoms. The maximum Gasteiger partial charge on any atom is 0.416 e. The molecule has 1 amide bonds. The van der Waals surface area contributed by atoms with Crippen LogP contribution in [0.25, 0.3) is 6.08 Å². The van der Waals surface area contributed by atoms with Gasteiger partial charge in [0.05, 0.1) is 12.2 Å². The zero-order valence-electron chi connectivity index (χ0n) is 14.3. The number of rotatable bonds is 7. The van der Waals surface area contributed by atoms with Crippen LogP contribution in [0, 0.1) is 0 Å². The third-order valence-corrected chi connectivity index (χ3v) is 3.55. The number of hydrogen-bond donors (Lipinski definition) is 1. The van der Waals surface area contributed by atoms with Crippen LogP contribution in [0.1, 0.15) is 30.9 Å². The van der Waals surface area contributed by atoms with E-state index in [4.69, 9.17) is 4.74 Å². The summed E-state index contributed by atoms with van der Waals surface area (Å²) in [6.45, 7) is 2.64. The molecule has 0 aliphatic rings. The molecule has 0 radical (unpaired) electrons. The summed E-state index contributed by atoms with van der Waals surface area (Å²) < 4.78 is 43.8. The van der Waals surface area contributed by atoms with Gasteiger partial charge in [-0.1, -0.05) is 37.6 Å². The van der Waals surface area contributed by atoms with E-state index in [1.807, 2.05) is 12.1 Å². The molecule has 2 aromatic rings. The van der Waals surface area contributed by atoms with Crippen molar-refractivity contribution in [2.75, 3.05) is 11.9 Å². The van der Waals surface area contributed by atoms with Crippen molar-refractivity contribution in [3.8, 4) is 5.75 Å². The van der Waals surface area contributed by atoms with Crippen LogP contribution >= 0.6 is 0 Å². The summed E-state index contributed by atoms with van der Waals surface area (Å²) in [4.78, 5) is 12.0. The molecule has 2 rings (SSSR count). The first-order chi connectivity index (χ1) is 12.4. The van der Waals surface area contributed by atoms with Crippen molar-refractivity contribution in [2.24, 2.45) is 0 Å². The maximum atomic E-state index is 12.7. The third-order valence-electron chi connectivity index (χ3n) is 3.55. The van der Waals surface area contributed by atoms with Crippen LogP contribution in [-0.2, 0) is 11.0 Å². The summed E-state index contributed by atoms with van der Waals surface area (Å²) in [5.74, 6) is 0.136. The molecular formula is C20H20F3NO2. The van der Waals surface area contributed by atoms with Crippen LogP contribution in [0.5, 0.6) is 5.75 Å². The summed E-state index contributed by atoms with van der Waals surface area (Å²) in [6, 6.07) is 11.8. The van der Waals surface area contributed by atoms with Gasteiger partial charge < -0.3 is 10.1 Å². The van der Waals surface area contributed by atoms with Crippen LogP contribution < -0.4 is 10.1 Å². The average Bonchev–Trinajstić information content (AvgIpc) is 2.60. The Morgan fingerprint density at radius 1 is 1.15 bits per heavy atom. The Morgan fingerprint density at radius 3 is 2.65 bits per heavy atom. The second-order valence-corrected chi connectivity index (χ2v) is 5.64. The number of anilines is 1. The smallest absolute Gasteiger partial charge is 0.416 e. The Kier molecular flexibility index (Phi) is 6.83. The summed E-state index contributed by atoms with van der Waals surface area (Å²) >= 11 is 0. The second kappa shape index (κ2) is 9.08. The highest BCUT2D eigenvalue weighted by atomic mass is 19.4. The summed E-state index contributed by atoms with van der Waals surface area (Å²) in [6.07, 6.45) is 0.323. The van der Waals surface area contributed by atoms with E-state index >= 15 is 0 Å². The number of hydrogen-bond acceptors (Lipinski definition) is 2. The van der Waals surface area contributed by atoms with E-state index in [-0.39, 0.29) is 5.69 Å². The number of halogens is 3. The molecule has 0 spiro atoms. The lowest BCUT2D eigenvalue weighted by atomic mass is 10.1. The summed E-state index contributed by atoms with van der Waals surface area (Å²) in [5, 5.41) is 2.43. The predicted molar refractivity (Wildman–Crippen MR) is 96.0 cm³/mol. The van der Waals surface area contributed by atoms with Crippen molar-refractivity contribution in [1.29, 1.82) is 0 Å². The molecule has 0 saturated carbocycles. The molecule has 0 saturated heterocycles. The van der Waals surface area contributed by atoms with Crippen LogP contribution in [0.2, 0.25) is 0 Å². The molecule has 0 bridgehead atoms. The minimum Gasteiger partial charge on any atom is -0.493 e. The van der Waals surface area contributed by atoms with Crippen LogP contribution in [0.3, 0.4) is 0 Å². The molecule has 2 aromatic carbocycles. The Balaban J connectivity index is 2.04. The molecule has 1 N–H and O–H groups in total. The fraction of sp³-hybridized carbons (Fsp3) is 0.250. The number of benzene rings is 2. The lowest BCUT2D eigenvalue weighted by molar-refractivity contribution is -0.137. The molecule has 3 nitrogen and oxygen atoms in total. The third kappa shape index (κ3) is 5.95. The Bertz CT molecular complexity index is 770. The molecule has 0 fully saturated rings. The number of nitrogens with one attached hydrogen (secondary N) is 1. The van der Waals surface area contributed by atoms with Gasteiger partial charge in [0.1, 0.15) is 5.75 Å². The number of ether oxygens (including phenoxy) is 1. The quantitative estimate of drug-likeness (QED) is 0.518. The molecule has 0 unspecified atom stereocenters. The number of carbonyl (C=O) groups excluding carboxylic acids is 1. The molecule has 0 aliphatic carbocycles. The number of para-hydroxylation sites is 1. The zero-order chi connectivity index (χ0) is 19.0. The number of unbranched alkanes of at least 4 members (excludes halogenated alkanes) is 1. The fourth-order valence-electron chi connectivity index (χ4n) is 2.20. The van der Waals surface area contributed by atoms with Crippen molar-refractivity contribution < 1.29 is 22.7 Å². The summed E-state index contributed by atoms with van der Waals surface area (Å²) in [5.41, 5.74) is -0.00120. The second-order valence-electron chi connectivity index (χ2n) is 5.64. The van der Waals surface area contributed by atoms with E-state index in [0.29, 0.717) is 12.4 Å². The van der Waals surface area contributed by atoms with E-state index in [0.717, 1.165) is 30.5 Å². The van der Waals surface area contributed by atoms with Gasteiger partial charge in [-0.25, -0.2) is 0 Å². The first-order valence-corrected chi connectivity index (χ1v) is 8.28. The number of alkyl halides is 3. The highest BCUT2D eigenvalue weighted by Crippen LogP contribution is 2.30. The lowest BCUT2D eigenvalue weighted by Gasteiger charge is -2.09. The van der Waals surface area contributed by atoms with Crippen molar-refractivity contribution >= 4 is 17.7 Å². The fourth-order valence-corrected chi connectivity index (χ4v) is 2.20. The van der Waals surface area contributed by atoms with E-state index in [9.17, 15) is 18.0 Å². The van der Waals surface area contributed by atoms with Crippen molar-refractivity contribution in [1.82, 2.24) is 0 Å². The van der Waals surface area contributed by atoms with Gasteiger partial charge in [-0.3, -0.25) is 4.79 Å². The molecule has 0 atom stereocenters. The highest BCUT2D eigenvalue weighted by Gasteiger charge is 2.30. The van der Waals surface area contributed by atoms with Crippen molar-refractivity contribution in [3.05, 3.63) is 65.7 Å². The zero-order valence-corrected chi connectivity index (χ0v) is 14.3. The lowest BCUT2D eigenvalue weighted by Crippen LogP contribution is -2.10. The van der Waals surface area contributed by atoms with Crippen molar-refractivity contribution in [3.63, 3.8) is 0 Å². The van der Waals surface area contributed by atoms with E-state index in [1.165, 1.54) is 18.2 Å². The Morgan fingerprint density at radius 2 is 1.92 bits per heavy atom. The summed E-state index contributed by atoms with van der Waals surface area (Å²) in [7, 11) is 0. The molecule has 0 aromatic heterocycles. The minimum atomic E-state index is -4.45. The molecule has 0 aliphatic heterocycles. The molecule has 26 heavy (non-hydrogen) atoms. The van der Waals surface area contributed by atoms with Gasteiger partial charge >= 0.3 is 6.18 Å². The average molecular weight is 363 g/mol. The Labute approximate surface area is 150 Å². The first kappa shape index (κ1) is 19.6. The van der Waals surface area contributed by atoms with Gasteiger partial charge in [0.15, 0.2) is 0 Å². The largest absolute Gasteiger partial charge is 0.493 e. The number of amides is 1. The van der Waals surface area contributed by atoms with E-state index < -0.39 is 17.6 Å². The van der Waals surface area contributed by atoms with Crippen LogP contribution in [-0.4, -0.2) is 12.5 Å². The predicted octanol–water partition coefficient (Wildman–Crippen LogP) is 5.54. The molecule has 0 heterocycles. The van der Waals surface area contributed by atoms with Gasteiger partial charge in [0.25, 0.3) is 0 Å². The van der Waals surface area contributed by atoms with E-state index in [2.05, 4.69) is 12.2 Å². The van der Waals surface area contributed by atoms with Gasteiger partial charge in [0, 0.05) is 17.3 Å². The van der Waals surface area contributed by atoms with Gasteiger partial charge in [-0.15, -0.1) is 0 Å². The van der Waals surface area contributed by atoms with E-state index in [1.54, 1.807) is 18.2 Å². The normalized spacial score (nSPS) is 11.5. The highest BCUT2D eigenvalue weighted by molar-refractivity contribution is 6.02. The Hall–Kier alpha value is -2.76. The first-order valence-electron chi connectivity index (χ1n) is 8.28.